The van der Waals surface area contributed by atoms with E-state index >= 15 is 0 Å². The molecule has 1 aromatic heterocycles. The number of nitrogens with zero attached hydrogens (tertiary/aromatic N) is 2. The van der Waals surface area contributed by atoms with Gasteiger partial charge < -0.3 is 5.73 Å². The highest BCUT2D eigenvalue weighted by molar-refractivity contribution is 7.99. The molecule has 0 amide bonds. The van der Waals surface area contributed by atoms with Crippen LogP contribution in [-0.4, -0.2) is 15.7 Å². The van der Waals surface area contributed by atoms with Crippen molar-refractivity contribution in [1.29, 1.82) is 0 Å². The molecule has 0 radical (unpaired) electrons. The van der Waals surface area contributed by atoms with Gasteiger partial charge in [-0.25, -0.2) is 9.97 Å². The molecule has 2 aromatic rings. The molecular weight excluding hydrogens is 230 g/mol. The van der Waals surface area contributed by atoms with Crippen molar-refractivity contribution in [2.75, 3.05) is 11.5 Å². The molecule has 2 N–H and O–H groups in total. The molecule has 0 aliphatic carbocycles. The lowest BCUT2D eigenvalue weighted by molar-refractivity contribution is 0.947. The summed E-state index contributed by atoms with van der Waals surface area (Å²) in [5.74, 6) is 0.979. The summed E-state index contributed by atoms with van der Waals surface area (Å²) in [6, 6.07) is 7.99. The zero-order chi connectivity index (χ0) is 12.1. The molecule has 0 atom stereocenters. The minimum Gasteiger partial charge on any atom is -0.399 e. The Kier molecular flexibility index (Phi) is 3.98. The average molecular weight is 245 g/mol. The van der Waals surface area contributed by atoms with Crippen LogP contribution in [0.4, 0.5) is 5.69 Å². The first-order chi connectivity index (χ1) is 8.24. The van der Waals surface area contributed by atoms with Crippen molar-refractivity contribution in [2.24, 2.45) is 0 Å². The average Bonchev–Trinajstić information content (AvgIpc) is 2.34. The van der Waals surface area contributed by atoms with E-state index in [1.54, 1.807) is 11.8 Å². The SMILES string of the molecule is Cc1cnc(SCCc2ccc(N)cc2)nc1. The predicted molar refractivity (Wildman–Crippen MR) is 72.1 cm³/mol. The van der Waals surface area contributed by atoms with Crippen LogP contribution >= 0.6 is 11.8 Å². The van der Waals surface area contributed by atoms with Gasteiger partial charge in [0.2, 0.25) is 0 Å². The van der Waals surface area contributed by atoms with E-state index in [0.717, 1.165) is 28.6 Å². The summed E-state index contributed by atoms with van der Waals surface area (Å²) in [7, 11) is 0. The fourth-order valence-corrected chi connectivity index (χ4v) is 2.17. The van der Waals surface area contributed by atoms with Gasteiger partial charge in [-0.15, -0.1) is 0 Å². The summed E-state index contributed by atoms with van der Waals surface area (Å²) in [6.07, 6.45) is 4.69. The largest absolute Gasteiger partial charge is 0.399 e. The number of anilines is 1. The number of nitrogen functional groups attached to an aromatic ring is 1. The lowest BCUT2D eigenvalue weighted by Crippen LogP contribution is -1.92. The van der Waals surface area contributed by atoms with Gasteiger partial charge in [0, 0.05) is 23.8 Å². The highest BCUT2D eigenvalue weighted by Crippen LogP contribution is 2.15. The minimum atomic E-state index is 0.809. The van der Waals surface area contributed by atoms with Crippen molar-refractivity contribution in [3.05, 3.63) is 47.8 Å². The van der Waals surface area contributed by atoms with E-state index in [4.69, 9.17) is 5.73 Å². The van der Waals surface area contributed by atoms with E-state index in [1.165, 1.54) is 5.56 Å². The predicted octanol–water partition coefficient (Wildman–Crippen LogP) is 2.70. The molecule has 0 aliphatic heterocycles. The topological polar surface area (TPSA) is 51.8 Å². The summed E-state index contributed by atoms with van der Waals surface area (Å²) < 4.78 is 0. The molecule has 17 heavy (non-hydrogen) atoms. The van der Waals surface area contributed by atoms with Crippen LogP contribution in [0.1, 0.15) is 11.1 Å². The molecule has 0 unspecified atom stereocenters. The highest BCUT2D eigenvalue weighted by Gasteiger charge is 1.98. The highest BCUT2D eigenvalue weighted by atomic mass is 32.2. The van der Waals surface area contributed by atoms with E-state index in [1.807, 2.05) is 31.5 Å². The summed E-state index contributed by atoms with van der Waals surface area (Å²) in [5, 5.41) is 0.839. The fourth-order valence-electron chi connectivity index (χ4n) is 1.40. The van der Waals surface area contributed by atoms with Crippen molar-refractivity contribution >= 4 is 17.4 Å². The fraction of sp³-hybridized carbons (Fsp3) is 0.231. The number of aryl methyl sites for hydroxylation is 2. The smallest absolute Gasteiger partial charge is 0.187 e. The Hall–Kier alpha value is -1.55. The number of rotatable bonds is 4. The van der Waals surface area contributed by atoms with Crippen LogP contribution < -0.4 is 5.73 Å². The van der Waals surface area contributed by atoms with E-state index in [-0.39, 0.29) is 0 Å². The monoisotopic (exact) mass is 245 g/mol. The van der Waals surface area contributed by atoms with Crippen LogP contribution in [0.25, 0.3) is 0 Å². The number of aromatic nitrogens is 2. The lowest BCUT2D eigenvalue weighted by Gasteiger charge is -2.02. The van der Waals surface area contributed by atoms with Crippen LogP contribution in [0, 0.1) is 6.92 Å². The second-order valence-electron chi connectivity index (χ2n) is 3.88. The Labute approximate surface area is 105 Å². The van der Waals surface area contributed by atoms with Gasteiger partial charge in [0.25, 0.3) is 0 Å². The maximum absolute atomic E-state index is 5.64. The van der Waals surface area contributed by atoms with Gasteiger partial charge >= 0.3 is 0 Å². The zero-order valence-electron chi connectivity index (χ0n) is 9.76. The number of nitrogens with two attached hydrogens (primary N) is 1. The van der Waals surface area contributed by atoms with Crippen LogP contribution in [-0.2, 0) is 6.42 Å². The molecule has 0 bridgehead atoms. The lowest BCUT2D eigenvalue weighted by atomic mass is 10.2. The van der Waals surface area contributed by atoms with Crippen LogP contribution in [0.5, 0.6) is 0 Å². The second kappa shape index (κ2) is 5.68. The maximum atomic E-state index is 5.64. The van der Waals surface area contributed by atoms with Gasteiger partial charge in [-0.05, 0) is 36.6 Å². The molecule has 3 nitrogen and oxygen atoms in total. The molecule has 2 rings (SSSR count). The van der Waals surface area contributed by atoms with Crippen molar-refractivity contribution in [2.45, 2.75) is 18.5 Å². The Morgan fingerprint density at radius 1 is 1.12 bits per heavy atom. The number of hydrogen-bond acceptors (Lipinski definition) is 4. The first-order valence-corrected chi connectivity index (χ1v) is 6.48. The van der Waals surface area contributed by atoms with Gasteiger partial charge in [-0.2, -0.15) is 0 Å². The second-order valence-corrected chi connectivity index (χ2v) is 4.95. The zero-order valence-corrected chi connectivity index (χ0v) is 10.6. The number of hydrogen-bond donors (Lipinski definition) is 1. The van der Waals surface area contributed by atoms with Crippen molar-refractivity contribution in [3.8, 4) is 0 Å². The van der Waals surface area contributed by atoms with Gasteiger partial charge in [0.1, 0.15) is 0 Å². The molecular formula is C13H15N3S. The molecule has 1 aromatic carbocycles. The molecule has 1 heterocycles. The normalized spacial score (nSPS) is 10.4. The maximum Gasteiger partial charge on any atom is 0.187 e. The van der Waals surface area contributed by atoms with E-state index in [0.29, 0.717) is 0 Å². The molecule has 0 aliphatic rings. The first-order valence-electron chi connectivity index (χ1n) is 5.50. The number of thioether (sulfide) groups is 1. The Balaban J connectivity index is 1.83. The molecule has 0 spiro atoms. The Bertz CT molecular complexity index is 420. The summed E-state index contributed by atoms with van der Waals surface area (Å²) >= 11 is 1.67. The van der Waals surface area contributed by atoms with Gasteiger partial charge in [0.15, 0.2) is 5.16 Å². The van der Waals surface area contributed by atoms with Crippen molar-refractivity contribution in [3.63, 3.8) is 0 Å². The van der Waals surface area contributed by atoms with E-state index < -0.39 is 0 Å². The molecule has 0 saturated carbocycles. The van der Waals surface area contributed by atoms with Gasteiger partial charge in [0.05, 0.1) is 0 Å². The quantitative estimate of drug-likeness (QED) is 0.511. The standard InChI is InChI=1S/C13H15N3S/c1-10-8-15-13(16-9-10)17-7-6-11-2-4-12(14)5-3-11/h2-5,8-9H,6-7,14H2,1H3. The van der Waals surface area contributed by atoms with Gasteiger partial charge in [-0.3, -0.25) is 0 Å². The molecule has 4 heteroatoms. The molecule has 0 saturated heterocycles. The van der Waals surface area contributed by atoms with Crippen molar-refractivity contribution < 1.29 is 0 Å². The third-order valence-corrected chi connectivity index (χ3v) is 3.24. The summed E-state index contributed by atoms with van der Waals surface area (Å²) in [6.45, 7) is 1.99. The molecule has 88 valence electrons. The van der Waals surface area contributed by atoms with Gasteiger partial charge in [-0.1, -0.05) is 23.9 Å². The van der Waals surface area contributed by atoms with E-state index in [9.17, 15) is 0 Å². The van der Waals surface area contributed by atoms with Crippen LogP contribution in [0.15, 0.2) is 41.8 Å². The number of benzene rings is 1. The minimum absolute atomic E-state index is 0.809. The third-order valence-electron chi connectivity index (χ3n) is 2.36. The van der Waals surface area contributed by atoms with Crippen LogP contribution in [0.2, 0.25) is 0 Å². The first kappa shape index (κ1) is 11.9. The molecule has 0 fully saturated rings. The summed E-state index contributed by atoms with van der Waals surface area (Å²) in [4.78, 5) is 8.51. The van der Waals surface area contributed by atoms with Crippen LogP contribution in [0.3, 0.4) is 0 Å². The van der Waals surface area contributed by atoms with E-state index in [2.05, 4.69) is 22.1 Å². The van der Waals surface area contributed by atoms with Crippen molar-refractivity contribution in [1.82, 2.24) is 9.97 Å². The Morgan fingerprint density at radius 2 is 1.76 bits per heavy atom. The summed E-state index contributed by atoms with van der Waals surface area (Å²) in [5.41, 5.74) is 8.83. The Morgan fingerprint density at radius 3 is 2.41 bits per heavy atom. The third kappa shape index (κ3) is 3.75.